The summed E-state index contributed by atoms with van der Waals surface area (Å²) in [7, 11) is 0. The Bertz CT molecular complexity index is 517. The molecule has 0 atom stereocenters. The van der Waals surface area contributed by atoms with E-state index in [9.17, 15) is 4.79 Å². The molecule has 1 N–H and O–H groups in total. The molecular formula is C18H29N5O. The average molecular weight is 331 g/mol. The van der Waals surface area contributed by atoms with E-state index in [1.54, 1.807) is 12.4 Å². The lowest BCUT2D eigenvalue weighted by atomic mass is 10.1. The molecule has 1 aromatic heterocycles. The fourth-order valence-corrected chi connectivity index (χ4v) is 3.58. The van der Waals surface area contributed by atoms with Crippen molar-refractivity contribution in [2.75, 3.05) is 38.0 Å². The highest BCUT2D eigenvalue weighted by atomic mass is 16.2. The SMILES string of the molecule is CCN1CCN(C(=O)c2cnc(NC3CCCCCC3)cn2)CC1. The summed E-state index contributed by atoms with van der Waals surface area (Å²) in [5.74, 6) is 0.786. The van der Waals surface area contributed by atoms with Gasteiger partial charge in [-0.2, -0.15) is 0 Å². The van der Waals surface area contributed by atoms with Gasteiger partial charge in [0, 0.05) is 32.2 Å². The Labute approximate surface area is 144 Å². The lowest BCUT2D eigenvalue weighted by Gasteiger charge is -2.33. The zero-order valence-electron chi connectivity index (χ0n) is 14.7. The van der Waals surface area contributed by atoms with Gasteiger partial charge in [-0.15, -0.1) is 0 Å². The van der Waals surface area contributed by atoms with Crippen LogP contribution in [-0.2, 0) is 0 Å². The third-order valence-corrected chi connectivity index (χ3v) is 5.18. The lowest BCUT2D eigenvalue weighted by Crippen LogP contribution is -2.48. The van der Waals surface area contributed by atoms with Crippen molar-refractivity contribution in [3.8, 4) is 0 Å². The van der Waals surface area contributed by atoms with Gasteiger partial charge in [0.05, 0.1) is 12.4 Å². The van der Waals surface area contributed by atoms with E-state index in [2.05, 4.69) is 27.1 Å². The molecule has 0 bridgehead atoms. The van der Waals surface area contributed by atoms with Crippen molar-refractivity contribution in [3.05, 3.63) is 18.1 Å². The third-order valence-electron chi connectivity index (χ3n) is 5.18. The van der Waals surface area contributed by atoms with E-state index >= 15 is 0 Å². The maximum Gasteiger partial charge on any atom is 0.274 e. The minimum Gasteiger partial charge on any atom is -0.366 e. The number of aromatic nitrogens is 2. The van der Waals surface area contributed by atoms with Crippen molar-refractivity contribution >= 4 is 11.7 Å². The fraction of sp³-hybridized carbons (Fsp3) is 0.722. The van der Waals surface area contributed by atoms with E-state index < -0.39 is 0 Å². The summed E-state index contributed by atoms with van der Waals surface area (Å²) in [5, 5.41) is 3.47. The molecule has 1 saturated carbocycles. The molecule has 0 spiro atoms. The molecule has 132 valence electrons. The first-order valence-electron chi connectivity index (χ1n) is 9.36. The summed E-state index contributed by atoms with van der Waals surface area (Å²) in [5.41, 5.74) is 0.450. The maximum absolute atomic E-state index is 12.5. The quantitative estimate of drug-likeness (QED) is 0.859. The second kappa shape index (κ2) is 8.42. The van der Waals surface area contributed by atoms with Crippen molar-refractivity contribution < 1.29 is 4.79 Å². The van der Waals surface area contributed by atoms with Crippen LogP contribution in [0.25, 0.3) is 0 Å². The monoisotopic (exact) mass is 331 g/mol. The van der Waals surface area contributed by atoms with Crippen LogP contribution in [0.3, 0.4) is 0 Å². The van der Waals surface area contributed by atoms with Gasteiger partial charge in [-0.25, -0.2) is 9.97 Å². The molecule has 2 aliphatic rings. The molecule has 0 aromatic carbocycles. The zero-order valence-corrected chi connectivity index (χ0v) is 14.7. The van der Waals surface area contributed by atoms with Gasteiger partial charge in [0.1, 0.15) is 11.5 Å². The topological polar surface area (TPSA) is 61.4 Å². The van der Waals surface area contributed by atoms with Gasteiger partial charge >= 0.3 is 0 Å². The van der Waals surface area contributed by atoms with Crippen LogP contribution in [0, 0.1) is 0 Å². The minimum atomic E-state index is -0.000676. The van der Waals surface area contributed by atoms with Gasteiger partial charge < -0.3 is 15.1 Å². The summed E-state index contributed by atoms with van der Waals surface area (Å²) < 4.78 is 0. The molecule has 2 heterocycles. The Morgan fingerprint density at radius 3 is 2.38 bits per heavy atom. The number of anilines is 1. The van der Waals surface area contributed by atoms with Crippen molar-refractivity contribution in [2.45, 2.75) is 51.5 Å². The highest BCUT2D eigenvalue weighted by Gasteiger charge is 2.22. The van der Waals surface area contributed by atoms with Crippen molar-refractivity contribution in [1.29, 1.82) is 0 Å². The number of carbonyl (C=O) groups excluding carboxylic acids is 1. The van der Waals surface area contributed by atoms with Crippen LogP contribution >= 0.6 is 0 Å². The van der Waals surface area contributed by atoms with Crippen LogP contribution < -0.4 is 5.32 Å². The number of carbonyl (C=O) groups is 1. The Morgan fingerprint density at radius 1 is 1.08 bits per heavy atom. The number of hydrogen-bond acceptors (Lipinski definition) is 5. The van der Waals surface area contributed by atoms with Gasteiger partial charge in [-0.3, -0.25) is 4.79 Å². The van der Waals surface area contributed by atoms with Crippen molar-refractivity contribution in [2.24, 2.45) is 0 Å². The molecule has 1 amide bonds. The Hall–Kier alpha value is -1.69. The van der Waals surface area contributed by atoms with Crippen LogP contribution in [-0.4, -0.2) is 64.4 Å². The molecular weight excluding hydrogens is 302 g/mol. The smallest absolute Gasteiger partial charge is 0.274 e. The lowest BCUT2D eigenvalue weighted by molar-refractivity contribution is 0.0637. The maximum atomic E-state index is 12.5. The number of nitrogens with zero attached hydrogens (tertiary/aromatic N) is 4. The molecule has 0 unspecified atom stereocenters. The van der Waals surface area contributed by atoms with Gasteiger partial charge in [0.15, 0.2) is 0 Å². The Kier molecular flexibility index (Phi) is 6.01. The summed E-state index contributed by atoms with van der Waals surface area (Å²) in [6, 6.07) is 0.491. The molecule has 6 heteroatoms. The van der Waals surface area contributed by atoms with Crippen LogP contribution in [0.1, 0.15) is 55.9 Å². The number of nitrogens with one attached hydrogen (secondary N) is 1. The van der Waals surface area contributed by atoms with E-state index in [1.165, 1.54) is 38.5 Å². The number of rotatable bonds is 4. The van der Waals surface area contributed by atoms with Gasteiger partial charge in [0.25, 0.3) is 5.91 Å². The highest BCUT2D eigenvalue weighted by molar-refractivity contribution is 5.92. The molecule has 0 radical (unpaired) electrons. The number of hydrogen-bond donors (Lipinski definition) is 1. The first kappa shape index (κ1) is 17.1. The summed E-state index contributed by atoms with van der Waals surface area (Å²) >= 11 is 0. The predicted octanol–water partition coefficient (Wildman–Crippen LogP) is 2.39. The van der Waals surface area contributed by atoms with Crippen LogP contribution in [0.2, 0.25) is 0 Å². The van der Waals surface area contributed by atoms with Crippen LogP contribution in [0.15, 0.2) is 12.4 Å². The minimum absolute atomic E-state index is 0.000676. The molecule has 1 saturated heterocycles. The molecule has 1 aliphatic heterocycles. The summed E-state index contributed by atoms with van der Waals surface area (Å²) in [4.78, 5) is 25.5. The Morgan fingerprint density at radius 2 is 1.79 bits per heavy atom. The second-order valence-electron chi connectivity index (χ2n) is 6.85. The number of amides is 1. The fourth-order valence-electron chi connectivity index (χ4n) is 3.58. The highest BCUT2D eigenvalue weighted by Crippen LogP contribution is 2.20. The zero-order chi connectivity index (χ0) is 16.8. The first-order valence-corrected chi connectivity index (χ1v) is 9.36. The predicted molar refractivity (Wildman–Crippen MR) is 95.2 cm³/mol. The standard InChI is InChI=1S/C18H29N5O/c1-2-22-9-11-23(12-10-22)18(24)16-13-20-17(14-19-16)21-15-7-5-3-4-6-8-15/h13-15H,2-12H2,1H3,(H,20,21). The average Bonchev–Trinajstić information content (AvgIpc) is 2.90. The molecule has 3 rings (SSSR count). The van der Waals surface area contributed by atoms with Crippen molar-refractivity contribution in [1.82, 2.24) is 19.8 Å². The molecule has 24 heavy (non-hydrogen) atoms. The molecule has 1 aromatic rings. The molecule has 6 nitrogen and oxygen atoms in total. The second-order valence-corrected chi connectivity index (χ2v) is 6.85. The third kappa shape index (κ3) is 4.44. The van der Waals surface area contributed by atoms with Gasteiger partial charge in [0.2, 0.25) is 0 Å². The van der Waals surface area contributed by atoms with E-state index in [0.717, 1.165) is 38.5 Å². The normalized spacial score (nSPS) is 20.6. The van der Waals surface area contributed by atoms with Crippen molar-refractivity contribution in [3.63, 3.8) is 0 Å². The number of piperazine rings is 1. The largest absolute Gasteiger partial charge is 0.366 e. The van der Waals surface area contributed by atoms with Crippen LogP contribution in [0.5, 0.6) is 0 Å². The van der Waals surface area contributed by atoms with Crippen LogP contribution in [0.4, 0.5) is 5.82 Å². The summed E-state index contributed by atoms with van der Waals surface area (Å²) in [6.07, 6.45) is 11.0. The van der Waals surface area contributed by atoms with Gasteiger partial charge in [-0.1, -0.05) is 32.6 Å². The molecule has 2 fully saturated rings. The first-order chi connectivity index (χ1) is 11.8. The Balaban J connectivity index is 1.54. The van der Waals surface area contributed by atoms with E-state index in [4.69, 9.17) is 0 Å². The van der Waals surface area contributed by atoms with E-state index in [1.807, 2.05) is 4.90 Å². The summed E-state index contributed by atoms with van der Waals surface area (Å²) in [6.45, 7) is 6.63. The van der Waals surface area contributed by atoms with Gasteiger partial charge in [-0.05, 0) is 19.4 Å². The van der Waals surface area contributed by atoms with E-state index in [-0.39, 0.29) is 5.91 Å². The molecule has 1 aliphatic carbocycles. The number of likely N-dealkylation sites (N-methyl/N-ethyl adjacent to an activating group) is 1. The van der Waals surface area contributed by atoms with E-state index in [0.29, 0.717) is 11.7 Å².